The number of hydrogen-bond donors (Lipinski definition) is 1. The molecule has 22 heavy (non-hydrogen) atoms. The van der Waals surface area contributed by atoms with Gasteiger partial charge in [-0.3, -0.25) is 0 Å². The van der Waals surface area contributed by atoms with Crippen LogP contribution in [0.25, 0.3) is 11.4 Å². The van der Waals surface area contributed by atoms with Crippen LogP contribution >= 0.6 is 11.6 Å². The summed E-state index contributed by atoms with van der Waals surface area (Å²) in [5.74, 6) is -0.0290. The summed E-state index contributed by atoms with van der Waals surface area (Å²) in [6.45, 7) is 0.638. The second kappa shape index (κ2) is 5.31. The van der Waals surface area contributed by atoms with Crippen LogP contribution in [0.1, 0.15) is 6.04 Å². The standard InChI is InChI=1S/C15H14ClFN2O3/c16-9-3-1-2-8(12(9)17)15-18-4-5-19(15)10-6-21-14-11(20)7-22-13(10)14/h1-5,10-11,13-14,20H,6-7H2/t10-,11+,13+,14+/m0/s1. The van der Waals surface area contributed by atoms with E-state index in [1.165, 1.54) is 6.07 Å². The topological polar surface area (TPSA) is 56.5 Å². The van der Waals surface area contributed by atoms with Crippen LogP contribution < -0.4 is 0 Å². The van der Waals surface area contributed by atoms with E-state index < -0.39 is 11.9 Å². The normalized spacial score (nSPS) is 30.7. The van der Waals surface area contributed by atoms with E-state index >= 15 is 0 Å². The molecule has 0 unspecified atom stereocenters. The molecular weight excluding hydrogens is 311 g/mol. The number of aromatic nitrogens is 2. The van der Waals surface area contributed by atoms with E-state index in [2.05, 4.69) is 4.98 Å². The van der Waals surface area contributed by atoms with Gasteiger partial charge in [-0.25, -0.2) is 9.37 Å². The van der Waals surface area contributed by atoms with Gasteiger partial charge in [0.25, 0.3) is 0 Å². The van der Waals surface area contributed by atoms with Crippen LogP contribution in [0.5, 0.6) is 0 Å². The Kier molecular flexibility index (Phi) is 3.41. The number of fused-ring (bicyclic) bond motifs is 1. The smallest absolute Gasteiger partial charge is 0.152 e. The molecule has 4 atom stereocenters. The maximum atomic E-state index is 14.3. The van der Waals surface area contributed by atoms with Gasteiger partial charge in [-0.15, -0.1) is 0 Å². The van der Waals surface area contributed by atoms with E-state index in [-0.39, 0.29) is 29.9 Å². The average molecular weight is 325 g/mol. The van der Waals surface area contributed by atoms with Crippen LogP contribution in [0, 0.1) is 5.82 Å². The molecule has 7 heteroatoms. The Morgan fingerprint density at radius 1 is 1.27 bits per heavy atom. The molecule has 116 valence electrons. The number of aliphatic hydroxyl groups excluding tert-OH is 1. The Bertz CT molecular complexity index is 708. The summed E-state index contributed by atoms with van der Waals surface area (Å²) in [6.07, 6.45) is 2.15. The van der Waals surface area contributed by atoms with Gasteiger partial charge in [0.2, 0.25) is 0 Å². The highest BCUT2D eigenvalue weighted by molar-refractivity contribution is 6.31. The van der Waals surface area contributed by atoms with Gasteiger partial charge in [0.15, 0.2) is 5.82 Å². The molecule has 1 N–H and O–H groups in total. The number of halogens is 2. The van der Waals surface area contributed by atoms with Crippen molar-refractivity contribution >= 4 is 11.6 Å². The van der Waals surface area contributed by atoms with E-state index in [0.29, 0.717) is 18.0 Å². The molecule has 1 aromatic carbocycles. The third-order valence-electron chi connectivity index (χ3n) is 4.22. The van der Waals surface area contributed by atoms with Crippen molar-refractivity contribution in [2.24, 2.45) is 0 Å². The summed E-state index contributed by atoms with van der Waals surface area (Å²) in [5.41, 5.74) is 0.333. The molecule has 0 amide bonds. The molecule has 0 spiro atoms. The maximum absolute atomic E-state index is 14.3. The predicted molar refractivity (Wildman–Crippen MR) is 77.2 cm³/mol. The number of ether oxygens (including phenoxy) is 2. The molecule has 5 nitrogen and oxygen atoms in total. The van der Waals surface area contributed by atoms with E-state index in [1.807, 2.05) is 4.57 Å². The molecule has 0 aliphatic carbocycles. The van der Waals surface area contributed by atoms with Crippen molar-refractivity contribution in [2.45, 2.75) is 24.4 Å². The van der Waals surface area contributed by atoms with Crippen LogP contribution in [0.4, 0.5) is 4.39 Å². The first-order chi connectivity index (χ1) is 10.7. The number of hydrogen-bond acceptors (Lipinski definition) is 4. The molecule has 2 aromatic rings. The zero-order chi connectivity index (χ0) is 15.3. The lowest BCUT2D eigenvalue weighted by Crippen LogP contribution is -2.30. The Labute approximate surface area is 131 Å². The summed E-state index contributed by atoms with van der Waals surface area (Å²) >= 11 is 5.86. The van der Waals surface area contributed by atoms with Crippen molar-refractivity contribution in [3.63, 3.8) is 0 Å². The number of nitrogens with zero attached hydrogens (tertiary/aromatic N) is 2. The molecule has 2 aliphatic heterocycles. The zero-order valence-electron chi connectivity index (χ0n) is 11.5. The largest absolute Gasteiger partial charge is 0.388 e. The van der Waals surface area contributed by atoms with Crippen LogP contribution in [0.3, 0.4) is 0 Å². The molecule has 2 fully saturated rings. The highest BCUT2D eigenvalue weighted by Gasteiger charge is 2.48. The predicted octanol–water partition coefficient (Wildman–Crippen LogP) is 2.04. The van der Waals surface area contributed by atoms with E-state index in [4.69, 9.17) is 21.1 Å². The summed E-state index contributed by atoms with van der Waals surface area (Å²) < 4.78 is 27.4. The molecule has 1 aromatic heterocycles. The van der Waals surface area contributed by atoms with Gasteiger partial charge >= 0.3 is 0 Å². The van der Waals surface area contributed by atoms with E-state index in [0.717, 1.165) is 0 Å². The molecule has 2 aliphatic rings. The fraction of sp³-hybridized carbons (Fsp3) is 0.400. The number of rotatable bonds is 2. The Morgan fingerprint density at radius 2 is 2.09 bits per heavy atom. The van der Waals surface area contributed by atoms with Crippen molar-refractivity contribution in [2.75, 3.05) is 13.2 Å². The SMILES string of the molecule is O[C@@H]1CO[C@H]2[C@@H]1OC[C@@H]2n1ccnc1-c1cccc(Cl)c1F. The Balaban J connectivity index is 1.73. The second-order valence-corrected chi connectivity index (χ2v) is 5.90. The lowest BCUT2D eigenvalue weighted by atomic mass is 10.1. The second-order valence-electron chi connectivity index (χ2n) is 5.49. The molecule has 3 heterocycles. The summed E-state index contributed by atoms with van der Waals surface area (Å²) in [4.78, 5) is 4.26. The number of aliphatic hydroxyl groups is 1. The molecule has 4 rings (SSSR count). The van der Waals surface area contributed by atoms with Gasteiger partial charge in [-0.1, -0.05) is 17.7 Å². The lowest BCUT2D eigenvalue weighted by molar-refractivity contribution is 0.0172. The van der Waals surface area contributed by atoms with Crippen molar-refractivity contribution in [3.05, 3.63) is 41.4 Å². The Morgan fingerprint density at radius 3 is 2.95 bits per heavy atom. The summed E-state index contributed by atoms with van der Waals surface area (Å²) in [7, 11) is 0. The molecule has 0 saturated carbocycles. The van der Waals surface area contributed by atoms with Crippen molar-refractivity contribution in [1.29, 1.82) is 0 Å². The van der Waals surface area contributed by atoms with Gasteiger partial charge in [-0.2, -0.15) is 0 Å². The van der Waals surface area contributed by atoms with E-state index in [9.17, 15) is 9.50 Å². The van der Waals surface area contributed by atoms with Crippen molar-refractivity contribution < 1.29 is 19.0 Å². The third kappa shape index (κ3) is 2.06. The summed E-state index contributed by atoms with van der Waals surface area (Å²) in [5, 5.41) is 9.88. The molecule has 2 saturated heterocycles. The van der Waals surface area contributed by atoms with Crippen LogP contribution in [0.2, 0.25) is 5.02 Å². The Hall–Kier alpha value is -1.47. The number of benzene rings is 1. The minimum atomic E-state index is -0.620. The highest BCUT2D eigenvalue weighted by atomic mass is 35.5. The van der Waals surface area contributed by atoms with Crippen LogP contribution in [-0.2, 0) is 9.47 Å². The van der Waals surface area contributed by atoms with Gasteiger partial charge < -0.3 is 19.1 Å². The first kappa shape index (κ1) is 14.1. The zero-order valence-corrected chi connectivity index (χ0v) is 12.3. The third-order valence-corrected chi connectivity index (χ3v) is 4.51. The average Bonchev–Trinajstić information content (AvgIpc) is 3.19. The molecule has 0 bridgehead atoms. The van der Waals surface area contributed by atoms with Gasteiger partial charge in [-0.05, 0) is 12.1 Å². The first-order valence-electron chi connectivity index (χ1n) is 7.05. The van der Waals surface area contributed by atoms with Gasteiger partial charge in [0.1, 0.15) is 24.1 Å². The van der Waals surface area contributed by atoms with Gasteiger partial charge in [0.05, 0.1) is 29.8 Å². The number of imidazole rings is 1. The summed E-state index contributed by atoms with van der Waals surface area (Å²) in [6, 6.07) is 4.66. The lowest BCUT2D eigenvalue weighted by Gasteiger charge is -2.20. The molecule has 0 radical (unpaired) electrons. The van der Waals surface area contributed by atoms with Crippen molar-refractivity contribution in [1.82, 2.24) is 9.55 Å². The maximum Gasteiger partial charge on any atom is 0.152 e. The monoisotopic (exact) mass is 324 g/mol. The minimum Gasteiger partial charge on any atom is -0.388 e. The quantitative estimate of drug-likeness (QED) is 0.918. The fourth-order valence-electron chi connectivity index (χ4n) is 3.16. The van der Waals surface area contributed by atoms with Crippen molar-refractivity contribution in [3.8, 4) is 11.4 Å². The fourth-order valence-corrected chi connectivity index (χ4v) is 3.34. The van der Waals surface area contributed by atoms with Crippen LogP contribution in [-0.4, -0.2) is 46.2 Å². The van der Waals surface area contributed by atoms with Gasteiger partial charge in [0, 0.05) is 12.4 Å². The van der Waals surface area contributed by atoms with E-state index in [1.54, 1.807) is 24.5 Å². The van der Waals surface area contributed by atoms with Crippen LogP contribution in [0.15, 0.2) is 30.6 Å². The first-order valence-corrected chi connectivity index (χ1v) is 7.43. The minimum absolute atomic E-state index is 0.0557. The highest BCUT2D eigenvalue weighted by Crippen LogP contribution is 2.37. The molecular formula is C15H14ClFN2O3.